The Labute approximate surface area is 194 Å². The van der Waals surface area contributed by atoms with Crippen LogP contribution in [0.4, 0.5) is 0 Å². The predicted octanol–water partition coefficient (Wildman–Crippen LogP) is 5.83. The van der Waals surface area contributed by atoms with Gasteiger partial charge >= 0.3 is 0 Å². The fourth-order valence-corrected chi connectivity index (χ4v) is 4.52. The SMILES string of the molecule is C[C@@H](C(=O)C(c1ccccc1)(c1ccccc1)c1ccccc1)[C@H](O)c1ccc(C#N)cc1. The molecule has 0 heterocycles. The summed E-state index contributed by atoms with van der Waals surface area (Å²) >= 11 is 0. The Bertz CT molecular complexity index is 1150. The first kappa shape index (κ1) is 22.2. The van der Waals surface area contributed by atoms with Gasteiger partial charge in [0, 0.05) is 5.92 Å². The molecule has 0 aromatic heterocycles. The average Bonchev–Trinajstić information content (AvgIpc) is 2.90. The standard InChI is InChI=1S/C30H25NO2/c1-22(28(32)24-19-17-23(21-31)18-20-24)29(33)30(25-11-5-2-6-12-25,26-13-7-3-8-14-26)27-15-9-4-10-16-27/h2-20,22,28,32H,1H3/t22-,28+/m1/s1. The van der Waals surface area contributed by atoms with Gasteiger partial charge < -0.3 is 5.11 Å². The number of Topliss-reactive ketones (excluding diaryl/α,β-unsaturated/α-hetero) is 1. The molecule has 162 valence electrons. The van der Waals surface area contributed by atoms with Crippen molar-refractivity contribution < 1.29 is 9.90 Å². The van der Waals surface area contributed by atoms with Crippen LogP contribution in [0.1, 0.15) is 40.8 Å². The molecule has 0 spiro atoms. The van der Waals surface area contributed by atoms with E-state index in [1.54, 1.807) is 31.2 Å². The highest BCUT2D eigenvalue weighted by Gasteiger charge is 2.46. The van der Waals surface area contributed by atoms with Gasteiger partial charge in [-0.15, -0.1) is 0 Å². The van der Waals surface area contributed by atoms with Gasteiger partial charge in [-0.2, -0.15) is 5.26 Å². The summed E-state index contributed by atoms with van der Waals surface area (Å²) in [6, 6.07) is 38.1. The molecule has 2 atom stereocenters. The van der Waals surface area contributed by atoms with Gasteiger partial charge in [0.15, 0.2) is 5.78 Å². The molecule has 0 aliphatic rings. The van der Waals surface area contributed by atoms with Gasteiger partial charge in [0.1, 0.15) is 5.41 Å². The van der Waals surface area contributed by atoms with Crippen LogP contribution in [0, 0.1) is 17.2 Å². The van der Waals surface area contributed by atoms with Crippen molar-refractivity contribution in [3.05, 3.63) is 143 Å². The third-order valence-corrected chi connectivity index (χ3v) is 6.26. The molecule has 4 aromatic carbocycles. The number of nitriles is 1. The molecule has 0 radical (unpaired) electrons. The zero-order chi connectivity index (χ0) is 23.3. The molecular formula is C30H25NO2. The smallest absolute Gasteiger partial charge is 0.157 e. The summed E-state index contributed by atoms with van der Waals surface area (Å²) in [5, 5.41) is 20.3. The molecule has 4 rings (SSSR count). The number of carbonyl (C=O) groups is 1. The van der Waals surface area contributed by atoms with E-state index in [9.17, 15) is 9.90 Å². The molecule has 0 unspecified atom stereocenters. The lowest BCUT2D eigenvalue weighted by Gasteiger charge is -2.37. The summed E-state index contributed by atoms with van der Waals surface area (Å²) in [5.74, 6) is -0.804. The van der Waals surface area contributed by atoms with Gasteiger partial charge in [-0.1, -0.05) is 110 Å². The number of aliphatic hydroxyl groups excluding tert-OH is 1. The quantitative estimate of drug-likeness (QED) is 0.375. The Hall–Kier alpha value is -4.00. The second-order valence-corrected chi connectivity index (χ2v) is 8.18. The zero-order valence-corrected chi connectivity index (χ0v) is 18.4. The Balaban J connectivity index is 1.90. The summed E-state index contributed by atoms with van der Waals surface area (Å²) in [7, 11) is 0. The maximum Gasteiger partial charge on any atom is 0.157 e. The van der Waals surface area contributed by atoms with E-state index < -0.39 is 17.4 Å². The van der Waals surface area contributed by atoms with Crippen LogP contribution < -0.4 is 0 Å². The molecule has 1 N–H and O–H groups in total. The van der Waals surface area contributed by atoms with Crippen molar-refractivity contribution in [3.8, 4) is 6.07 Å². The van der Waals surface area contributed by atoms with Crippen LogP contribution in [-0.2, 0) is 10.2 Å². The molecule has 4 aromatic rings. The van der Waals surface area contributed by atoms with Gasteiger partial charge in [0.25, 0.3) is 0 Å². The molecule has 0 fully saturated rings. The van der Waals surface area contributed by atoms with E-state index in [0.717, 1.165) is 16.7 Å². The van der Waals surface area contributed by atoms with Crippen molar-refractivity contribution in [2.75, 3.05) is 0 Å². The summed E-state index contributed by atoms with van der Waals surface area (Å²) in [5.41, 5.74) is 2.59. The Kier molecular flexibility index (Phi) is 6.49. The third-order valence-electron chi connectivity index (χ3n) is 6.26. The molecule has 0 saturated heterocycles. The molecule has 3 heteroatoms. The summed E-state index contributed by atoms with van der Waals surface area (Å²) in [6.07, 6.45) is -1.01. The Morgan fingerprint density at radius 1 is 0.727 bits per heavy atom. The fourth-order valence-electron chi connectivity index (χ4n) is 4.52. The Morgan fingerprint density at radius 3 is 1.48 bits per heavy atom. The minimum absolute atomic E-state index is 0.0945. The number of nitrogens with zero attached hydrogens (tertiary/aromatic N) is 1. The number of aliphatic hydroxyl groups is 1. The van der Waals surface area contributed by atoms with Crippen molar-refractivity contribution in [1.82, 2.24) is 0 Å². The van der Waals surface area contributed by atoms with E-state index in [-0.39, 0.29) is 5.78 Å². The van der Waals surface area contributed by atoms with Crippen LogP contribution >= 0.6 is 0 Å². The highest BCUT2D eigenvalue weighted by Crippen LogP contribution is 2.43. The first-order valence-electron chi connectivity index (χ1n) is 11.0. The van der Waals surface area contributed by atoms with E-state index >= 15 is 0 Å². The van der Waals surface area contributed by atoms with Gasteiger partial charge in [-0.3, -0.25) is 4.79 Å². The summed E-state index contributed by atoms with van der Waals surface area (Å²) in [4.78, 5) is 14.5. The van der Waals surface area contributed by atoms with Gasteiger partial charge in [-0.25, -0.2) is 0 Å². The Morgan fingerprint density at radius 2 is 1.12 bits per heavy atom. The summed E-state index contributed by atoms with van der Waals surface area (Å²) < 4.78 is 0. The van der Waals surface area contributed by atoms with Crippen LogP contribution in [0.25, 0.3) is 0 Å². The molecular weight excluding hydrogens is 406 g/mol. The largest absolute Gasteiger partial charge is 0.388 e. The normalized spacial score (nSPS) is 13.0. The van der Waals surface area contributed by atoms with Gasteiger partial charge in [-0.05, 0) is 34.4 Å². The van der Waals surface area contributed by atoms with Crippen LogP contribution in [0.5, 0.6) is 0 Å². The van der Waals surface area contributed by atoms with Crippen LogP contribution in [0.2, 0.25) is 0 Å². The van der Waals surface area contributed by atoms with E-state index in [1.165, 1.54) is 0 Å². The summed E-state index contributed by atoms with van der Waals surface area (Å²) in [6.45, 7) is 1.77. The molecule has 3 nitrogen and oxygen atoms in total. The minimum Gasteiger partial charge on any atom is -0.388 e. The zero-order valence-electron chi connectivity index (χ0n) is 18.4. The molecule has 0 saturated carbocycles. The maximum atomic E-state index is 14.5. The van der Waals surface area contributed by atoms with Crippen molar-refractivity contribution >= 4 is 5.78 Å². The van der Waals surface area contributed by atoms with E-state index in [4.69, 9.17) is 5.26 Å². The predicted molar refractivity (Wildman–Crippen MR) is 129 cm³/mol. The average molecular weight is 432 g/mol. The first-order chi connectivity index (χ1) is 16.1. The van der Waals surface area contributed by atoms with Crippen LogP contribution in [-0.4, -0.2) is 10.9 Å². The lowest BCUT2D eigenvalue weighted by molar-refractivity contribution is -0.129. The van der Waals surface area contributed by atoms with Crippen LogP contribution in [0.3, 0.4) is 0 Å². The maximum absolute atomic E-state index is 14.5. The van der Waals surface area contributed by atoms with E-state index in [0.29, 0.717) is 11.1 Å². The second kappa shape index (κ2) is 9.65. The van der Waals surface area contributed by atoms with Gasteiger partial charge in [0.05, 0.1) is 17.7 Å². The molecule has 0 aliphatic carbocycles. The lowest BCUT2D eigenvalue weighted by atomic mass is 9.63. The van der Waals surface area contributed by atoms with Crippen molar-refractivity contribution in [1.29, 1.82) is 5.26 Å². The second-order valence-electron chi connectivity index (χ2n) is 8.18. The number of rotatable bonds is 7. The number of benzene rings is 4. The first-order valence-corrected chi connectivity index (χ1v) is 11.0. The van der Waals surface area contributed by atoms with Crippen LogP contribution in [0.15, 0.2) is 115 Å². The number of ketones is 1. The lowest BCUT2D eigenvalue weighted by Crippen LogP contribution is -2.43. The molecule has 0 amide bonds. The highest BCUT2D eigenvalue weighted by molar-refractivity contribution is 5.99. The van der Waals surface area contributed by atoms with Crippen molar-refractivity contribution in [2.45, 2.75) is 18.4 Å². The van der Waals surface area contributed by atoms with E-state index in [1.807, 2.05) is 91.0 Å². The molecule has 33 heavy (non-hydrogen) atoms. The molecule has 0 aliphatic heterocycles. The fraction of sp³-hybridized carbons (Fsp3) is 0.133. The van der Waals surface area contributed by atoms with E-state index in [2.05, 4.69) is 6.07 Å². The topological polar surface area (TPSA) is 61.1 Å². The highest BCUT2D eigenvalue weighted by atomic mass is 16.3. The monoisotopic (exact) mass is 431 g/mol. The number of carbonyl (C=O) groups excluding carboxylic acids is 1. The van der Waals surface area contributed by atoms with Crippen molar-refractivity contribution in [3.63, 3.8) is 0 Å². The van der Waals surface area contributed by atoms with Crippen molar-refractivity contribution in [2.24, 2.45) is 5.92 Å². The molecule has 0 bridgehead atoms. The number of hydrogen-bond donors (Lipinski definition) is 1. The van der Waals surface area contributed by atoms with Gasteiger partial charge in [0.2, 0.25) is 0 Å². The third kappa shape index (κ3) is 4.09. The minimum atomic E-state index is -1.09. The number of hydrogen-bond acceptors (Lipinski definition) is 3.